The van der Waals surface area contributed by atoms with E-state index in [4.69, 9.17) is 17.3 Å². The number of hydrogen-bond acceptors (Lipinski definition) is 3. The summed E-state index contributed by atoms with van der Waals surface area (Å²) in [5, 5.41) is 3.53. The molecule has 3 rings (SSSR count). The topological polar surface area (TPSA) is 75.4 Å². The lowest BCUT2D eigenvalue weighted by atomic mass is 10.1. The van der Waals surface area contributed by atoms with Crippen LogP contribution in [0.2, 0.25) is 5.02 Å². The molecular weight excluding hydrogens is 337 g/mol. The van der Waals surface area contributed by atoms with E-state index in [0.717, 1.165) is 18.5 Å². The van der Waals surface area contributed by atoms with Crippen LogP contribution in [0, 0.1) is 11.8 Å². The number of carbonyl (C=O) groups is 2. The van der Waals surface area contributed by atoms with E-state index in [0.29, 0.717) is 30.5 Å². The van der Waals surface area contributed by atoms with Crippen molar-refractivity contribution in [1.29, 1.82) is 0 Å². The van der Waals surface area contributed by atoms with Crippen LogP contribution in [0.4, 0.5) is 5.69 Å². The molecule has 2 fully saturated rings. The second kappa shape index (κ2) is 7.51. The molecule has 126 valence electrons. The number of nitrogens with zero attached hydrogens (tertiary/aromatic N) is 1. The molecule has 0 spiro atoms. The second-order valence-electron chi connectivity index (χ2n) is 6.00. The van der Waals surface area contributed by atoms with Crippen molar-refractivity contribution in [2.75, 3.05) is 18.0 Å². The maximum atomic E-state index is 12.5. The number of halogens is 2. The molecule has 3 N–H and O–H groups in total. The average molecular weight is 358 g/mol. The number of carbonyl (C=O) groups excluding carboxylic acids is 2. The summed E-state index contributed by atoms with van der Waals surface area (Å²) in [6, 6.07) is 7.14. The Balaban J connectivity index is 0.00000192. The van der Waals surface area contributed by atoms with Crippen LogP contribution in [-0.4, -0.2) is 30.9 Å². The molecule has 7 heteroatoms. The number of rotatable bonds is 5. The van der Waals surface area contributed by atoms with E-state index in [9.17, 15) is 9.59 Å². The highest BCUT2D eigenvalue weighted by Crippen LogP contribution is 2.33. The summed E-state index contributed by atoms with van der Waals surface area (Å²) in [6.07, 6.45) is 2.74. The van der Waals surface area contributed by atoms with Gasteiger partial charge in [0.25, 0.3) is 0 Å². The van der Waals surface area contributed by atoms with Crippen molar-refractivity contribution < 1.29 is 9.59 Å². The highest BCUT2D eigenvalue weighted by Gasteiger charge is 2.40. The highest BCUT2D eigenvalue weighted by molar-refractivity contribution is 6.31. The minimum Gasteiger partial charge on any atom is -0.351 e. The van der Waals surface area contributed by atoms with Gasteiger partial charge in [0.05, 0.1) is 0 Å². The maximum Gasteiger partial charge on any atom is 0.239 e. The van der Waals surface area contributed by atoms with Gasteiger partial charge in [0, 0.05) is 29.8 Å². The van der Waals surface area contributed by atoms with E-state index < -0.39 is 5.92 Å². The number of hydrogen-bond donors (Lipinski definition) is 2. The van der Waals surface area contributed by atoms with Crippen molar-refractivity contribution in [2.45, 2.75) is 25.3 Å². The Kier molecular flexibility index (Phi) is 5.89. The van der Waals surface area contributed by atoms with Crippen molar-refractivity contribution in [3.05, 3.63) is 29.3 Å². The molecule has 1 aromatic carbocycles. The van der Waals surface area contributed by atoms with E-state index in [1.54, 1.807) is 23.1 Å². The van der Waals surface area contributed by atoms with Gasteiger partial charge in [0.2, 0.25) is 11.8 Å². The fraction of sp³-hybridized carbons (Fsp3) is 0.500. The van der Waals surface area contributed by atoms with Gasteiger partial charge in [-0.1, -0.05) is 17.7 Å². The first-order chi connectivity index (χ1) is 10.6. The zero-order valence-corrected chi connectivity index (χ0v) is 14.3. The summed E-state index contributed by atoms with van der Waals surface area (Å²) in [6.45, 7) is 0.962. The molecule has 0 radical (unpaired) electrons. The molecule has 2 unspecified atom stereocenters. The smallest absolute Gasteiger partial charge is 0.239 e. The molecule has 2 atom stereocenters. The number of nitrogens with two attached hydrogens (primary N) is 1. The van der Waals surface area contributed by atoms with Crippen molar-refractivity contribution in [3.8, 4) is 0 Å². The highest BCUT2D eigenvalue weighted by atomic mass is 35.5. The largest absolute Gasteiger partial charge is 0.351 e. The minimum atomic E-state index is -0.619. The van der Waals surface area contributed by atoms with Crippen LogP contribution in [0.25, 0.3) is 0 Å². The quantitative estimate of drug-likeness (QED) is 0.791. The zero-order chi connectivity index (χ0) is 15.7. The van der Waals surface area contributed by atoms with Crippen molar-refractivity contribution in [1.82, 2.24) is 5.32 Å². The van der Waals surface area contributed by atoms with Gasteiger partial charge in [-0.3, -0.25) is 9.59 Å². The molecule has 0 bridgehead atoms. The Labute approximate surface area is 146 Å². The lowest BCUT2D eigenvalue weighted by molar-refractivity contribution is -0.132. The van der Waals surface area contributed by atoms with Gasteiger partial charge >= 0.3 is 0 Å². The van der Waals surface area contributed by atoms with Crippen molar-refractivity contribution in [2.24, 2.45) is 17.6 Å². The van der Waals surface area contributed by atoms with Gasteiger partial charge in [-0.05, 0) is 43.4 Å². The molecule has 23 heavy (non-hydrogen) atoms. The van der Waals surface area contributed by atoms with Crippen LogP contribution in [0.3, 0.4) is 0 Å². The first-order valence-electron chi connectivity index (χ1n) is 7.67. The number of benzene rings is 1. The second-order valence-corrected chi connectivity index (χ2v) is 6.44. The van der Waals surface area contributed by atoms with E-state index in [-0.39, 0.29) is 30.3 Å². The monoisotopic (exact) mass is 357 g/mol. The Morgan fingerprint density at radius 3 is 2.74 bits per heavy atom. The summed E-state index contributed by atoms with van der Waals surface area (Å²) in [5.74, 6) is -0.496. The molecule has 1 aromatic rings. The molecule has 0 aromatic heterocycles. The summed E-state index contributed by atoms with van der Waals surface area (Å²) >= 11 is 5.97. The number of amides is 2. The van der Waals surface area contributed by atoms with Gasteiger partial charge in [0.15, 0.2) is 0 Å². The van der Waals surface area contributed by atoms with E-state index >= 15 is 0 Å². The molecule has 1 aliphatic heterocycles. The molecule has 2 aliphatic rings. The summed E-state index contributed by atoms with van der Waals surface area (Å²) in [5.41, 5.74) is 6.45. The van der Waals surface area contributed by atoms with Crippen LogP contribution < -0.4 is 16.0 Å². The van der Waals surface area contributed by atoms with E-state index in [1.807, 2.05) is 6.07 Å². The van der Waals surface area contributed by atoms with Crippen LogP contribution in [0.1, 0.15) is 19.3 Å². The van der Waals surface area contributed by atoms with Crippen LogP contribution >= 0.6 is 24.0 Å². The fourth-order valence-corrected chi connectivity index (χ4v) is 3.16. The Morgan fingerprint density at radius 2 is 2.13 bits per heavy atom. The number of nitrogens with one attached hydrogen (secondary N) is 1. The lowest BCUT2D eigenvalue weighted by Gasteiger charge is -2.19. The normalized spacial score (nSPS) is 21.7. The molecule has 1 aliphatic carbocycles. The third kappa shape index (κ3) is 3.97. The third-order valence-corrected chi connectivity index (χ3v) is 4.65. The van der Waals surface area contributed by atoms with Crippen molar-refractivity contribution in [3.63, 3.8) is 0 Å². The Hall–Kier alpha value is -1.30. The van der Waals surface area contributed by atoms with Gasteiger partial charge < -0.3 is 16.0 Å². The molecular formula is C16H21Cl2N3O2. The van der Waals surface area contributed by atoms with E-state index in [2.05, 4.69) is 5.32 Å². The first-order valence-corrected chi connectivity index (χ1v) is 8.05. The van der Waals surface area contributed by atoms with Crippen LogP contribution in [0.5, 0.6) is 0 Å². The van der Waals surface area contributed by atoms with Crippen molar-refractivity contribution >= 4 is 41.5 Å². The molecule has 2 amide bonds. The van der Waals surface area contributed by atoms with Gasteiger partial charge in [0.1, 0.15) is 5.92 Å². The SMILES string of the molecule is Cl.NCC(NC(=O)C1CCN(c2cccc(Cl)c2)C1=O)C1CC1. The van der Waals surface area contributed by atoms with Crippen LogP contribution in [-0.2, 0) is 9.59 Å². The van der Waals surface area contributed by atoms with E-state index in [1.165, 1.54) is 0 Å². The summed E-state index contributed by atoms with van der Waals surface area (Å²) in [4.78, 5) is 26.5. The third-order valence-electron chi connectivity index (χ3n) is 4.41. The lowest BCUT2D eigenvalue weighted by Crippen LogP contribution is -2.46. The predicted octanol–water partition coefficient (Wildman–Crippen LogP) is 1.97. The fourth-order valence-electron chi connectivity index (χ4n) is 2.97. The summed E-state index contributed by atoms with van der Waals surface area (Å²) < 4.78 is 0. The maximum absolute atomic E-state index is 12.5. The van der Waals surface area contributed by atoms with Gasteiger partial charge in [-0.25, -0.2) is 0 Å². The summed E-state index contributed by atoms with van der Waals surface area (Å²) in [7, 11) is 0. The van der Waals surface area contributed by atoms with Crippen LogP contribution in [0.15, 0.2) is 24.3 Å². The molecule has 1 heterocycles. The molecule has 1 saturated carbocycles. The standard InChI is InChI=1S/C16H20ClN3O2.ClH/c17-11-2-1-3-12(8-11)20-7-6-13(16(20)22)15(21)19-14(9-18)10-4-5-10;/h1-3,8,10,13-14H,4-7,9,18H2,(H,19,21);1H. The van der Waals surface area contributed by atoms with Gasteiger partial charge in [-0.2, -0.15) is 0 Å². The number of anilines is 1. The first kappa shape index (κ1) is 18.0. The Bertz CT molecular complexity index is 592. The minimum absolute atomic E-state index is 0. The van der Waals surface area contributed by atoms with Gasteiger partial charge in [-0.15, -0.1) is 12.4 Å². The average Bonchev–Trinajstić information content (AvgIpc) is 3.27. The zero-order valence-electron chi connectivity index (χ0n) is 12.7. The Morgan fingerprint density at radius 1 is 1.39 bits per heavy atom. The molecule has 1 saturated heterocycles. The molecule has 5 nitrogen and oxygen atoms in total. The predicted molar refractivity (Wildman–Crippen MR) is 92.9 cm³/mol.